The average Bonchev–Trinajstić information content (AvgIpc) is 2.27. The Morgan fingerprint density at radius 2 is 2.38 bits per heavy atom. The molecule has 1 N–H and O–H groups in total. The number of halogens is 1. The van der Waals surface area contributed by atoms with Crippen LogP contribution in [0.15, 0.2) is 22.8 Å². The maximum absolute atomic E-state index is 11.0. The van der Waals surface area contributed by atoms with E-state index in [1.54, 1.807) is 6.20 Å². The van der Waals surface area contributed by atoms with E-state index >= 15 is 0 Å². The van der Waals surface area contributed by atoms with Crippen LogP contribution in [0.25, 0.3) is 0 Å². The second-order valence-corrected chi connectivity index (χ2v) is 4.11. The van der Waals surface area contributed by atoms with E-state index in [1.165, 1.54) is 0 Å². The Kier molecular flexibility index (Phi) is 5.85. The highest BCUT2D eigenvalue weighted by Gasteiger charge is 2.00. The zero-order valence-electron chi connectivity index (χ0n) is 9.20. The van der Waals surface area contributed by atoms with Gasteiger partial charge in [-0.05, 0) is 41.4 Å². The third-order valence-corrected chi connectivity index (χ3v) is 2.37. The molecule has 0 aliphatic carbocycles. The molecule has 5 heteroatoms. The molecule has 0 unspecified atom stereocenters. The van der Waals surface area contributed by atoms with E-state index in [2.05, 4.69) is 26.2 Å². The van der Waals surface area contributed by atoms with Crippen molar-refractivity contribution in [1.29, 1.82) is 0 Å². The fourth-order valence-corrected chi connectivity index (χ4v) is 1.40. The summed E-state index contributed by atoms with van der Waals surface area (Å²) in [6, 6.07) is 3.80. The Hall–Kier alpha value is -1.10. The van der Waals surface area contributed by atoms with Crippen molar-refractivity contribution in [3.8, 4) is 0 Å². The van der Waals surface area contributed by atoms with Gasteiger partial charge in [0.2, 0.25) is 0 Å². The van der Waals surface area contributed by atoms with E-state index in [1.807, 2.05) is 19.1 Å². The van der Waals surface area contributed by atoms with Gasteiger partial charge in [0.1, 0.15) is 5.82 Å². The fraction of sp³-hybridized carbons (Fsp3) is 0.455. The lowest BCUT2D eigenvalue weighted by Gasteiger charge is -2.05. The number of carbonyl (C=O) groups excluding carboxylic acids is 1. The van der Waals surface area contributed by atoms with E-state index in [-0.39, 0.29) is 5.97 Å². The lowest BCUT2D eigenvalue weighted by molar-refractivity contribution is -0.143. The Labute approximate surface area is 104 Å². The molecule has 0 spiro atoms. The summed E-state index contributed by atoms with van der Waals surface area (Å²) in [6.45, 7) is 2.97. The fourth-order valence-electron chi connectivity index (χ4n) is 1.16. The quantitative estimate of drug-likeness (QED) is 0.645. The van der Waals surface area contributed by atoms with Crippen molar-refractivity contribution >= 4 is 27.7 Å². The number of nitrogens with zero attached hydrogens (tertiary/aromatic N) is 1. The van der Waals surface area contributed by atoms with Gasteiger partial charge in [-0.1, -0.05) is 0 Å². The van der Waals surface area contributed by atoms with Gasteiger partial charge in [0.25, 0.3) is 0 Å². The van der Waals surface area contributed by atoms with Crippen LogP contribution in [0.5, 0.6) is 0 Å². The Morgan fingerprint density at radius 1 is 1.56 bits per heavy atom. The van der Waals surface area contributed by atoms with E-state index in [4.69, 9.17) is 4.74 Å². The predicted molar refractivity (Wildman–Crippen MR) is 66.3 cm³/mol. The normalized spacial score (nSPS) is 9.88. The number of hydrogen-bond donors (Lipinski definition) is 1. The van der Waals surface area contributed by atoms with E-state index in [0.29, 0.717) is 19.6 Å². The van der Waals surface area contributed by atoms with Crippen LogP contribution >= 0.6 is 15.9 Å². The summed E-state index contributed by atoms with van der Waals surface area (Å²) < 4.78 is 5.77. The monoisotopic (exact) mass is 286 g/mol. The number of carbonyl (C=O) groups is 1. The van der Waals surface area contributed by atoms with Gasteiger partial charge < -0.3 is 10.1 Å². The van der Waals surface area contributed by atoms with Crippen LogP contribution in [-0.2, 0) is 9.53 Å². The first-order valence-corrected chi connectivity index (χ1v) is 6.02. The summed E-state index contributed by atoms with van der Waals surface area (Å²) in [5.41, 5.74) is 0. The van der Waals surface area contributed by atoms with Crippen LogP contribution < -0.4 is 5.32 Å². The van der Waals surface area contributed by atoms with E-state index < -0.39 is 0 Å². The number of aromatic nitrogens is 1. The van der Waals surface area contributed by atoms with Gasteiger partial charge in [0.15, 0.2) is 0 Å². The molecule has 1 rings (SSSR count). The molecular weight excluding hydrogens is 272 g/mol. The maximum Gasteiger partial charge on any atom is 0.305 e. The van der Waals surface area contributed by atoms with Crippen molar-refractivity contribution in [3.63, 3.8) is 0 Å². The lowest BCUT2D eigenvalue weighted by Crippen LogP contribution is -2.08. The standard InChI is InChI=1S/C11H15BrN2O2/c1-2-16-11(15)4-3-7-13-10-6-5-9(12)8-14-10/h5-6,8H,2-4,7H2,1H3,(H,13,14). The molecule has 0 aromatic carbocycles. The first-order valence-electron chi connectivity index (χ1n) is 5.23. The Balaban J connectivity index is 2.16. The van der Waals surface area contributed by atoms with Gasteiger partial charge in [-0.25, -0.2) is 4.98 Å². The highest BCUT2D eigenvalue weighted by molar-refractivity contribution is 9.10. The Morgan fingerprint density at radius 3 is 3.00 bits per heavy atom. The van der Waals surface area contributed by atoms with Crippen molar-refractivity contribution in [1.82, 2.24) is 4.98 Å². The molecule has 0 saturated carbocycles. The van der Waals surface area contributed by atoms with Gasteiger partial charge in [0, 0.05) is 23.6 Å². The van der Waals surface area contributed by atoms with Crippen LogP contribution in [-0.4, -0.2) is 24.1 Å². The minimum atomic E-state index is -0.145. The molecule has 88 valence electrons. The third-order valence-electron chi connectivity index (χ3n) is 1.90. The molecule has 1 heterocycles. The first-order chi connectivity index (χ1) is 7.72. The smallest absolute Gasteiger partial charge is 0.305 e. The van der Waals surface area contributed by atoms with Crippen molar-refractivity contribution in [2.45, 2.75) is 19.8 Å². The van der Waals surface area contributed by atoms with Crippen LogP contribution in [0.1, 0.15) is 19.8 Å². The van der Waals surface area contributed by atoms with E-state index in [9.17, 15) is 4.79 Å². The predicted octanol–water partition coefficient (Wildman–Crippen LogP) is 2.60. The molecule has 0 saturated heterocycles. The molecule has 0 amide bonds. The van der Waals surface area contributed by atoms with E-state index in [0.717, 1.165) is 16.7 Å². The van der Waals surface area contributed by atoms with Gasteiger partial charge in [-0.15, -0.1) is 0 Å². The van der Waals surface area contributed by atoms with Crippen molar-refractivity contribution in [2.75, 3.05) is 18.5 Å². The third kappa shape index (κ3) is 5.11. The van der Waals surface area contributed by atoms with Crippen LogP contribution in [0.3, 0.4) is 0 Å². The number of pyridine rings is 1. The molecule has 16 heavy (non-hydrogen) atoms. The molecule has 0 bridgehead atoms. The Bertz CT molecular complexity index is 327. The molecule has 1 aromatic heterocycles. The minimum absolute atomic E-state index is 0.145. The maximum atomic E-state index is 11.0. The highest BCUT2D eigenvalue weighted by atomic mass is 79.9. The number of esters is 1. The van der Waals surface area contributed by atoms with Crippen molar-refractivity contribution < 1.29 is 9.53 Å². The molecule has 4 nitrogen and oxygen atoms in total. The molecule has 0 fully saturated rings. The summed E-state index contributed by atoms with van der Waals surface area (Å²) in [6.07, 6.45) is 2.92. The van der Waals surface area contributed by atoms with Crippen LogP contribution in [0, 0.1) is 0 Å². The van der Waals surface area contributed by atoms with Crippen molar-refractivity contribution in [3.05, 3.63) is 22.8 Å². The zero-order chi connectivity index (χ0) is 11.8. The molecule has 0 atom stereocenters. The second-order valence-electron chi connectivity index (χ2n) is 3.20. The van der Waals surface area contributed by atoms with Crippen LogP contribution in [0.4, 0.5) is 5.82 Å². The largest absolute Gasteiger partial charge is 0.466 e. The van der Waals surface area contributed by atoms with Crippen LogP contribution in [0.2, 0.25) is 0 Å². The summed E-state index contributed by atoms with van der Waals surface area (Å²) in [5, 5.41) is 3.13. The average molecular weight is 287 g/mol. The highest BCUT2D eigenvalue weighted by Crippen LogP contribution is 2.10. The lowest BCUT2D eigenvalue weighted by atomic mass is 10.3. The number of ether oxygens (including phenoxy) is 1. The molecule has 0 radical (unpaired) electrons. The second kappa shape index (κ2) is 7.22. The summed E-state index contributed by atoms with van der Waals surface area (Å²) in [4.78, 5) is 15.2. The van der Waals surface area contributed by atoms with Gasteiger partial charge in [0.05, 0.1) is 6.61 Å². The van der Waals surface area contributed by atoms with Gasteiger partial charge in [-0.3, -0.25) is 4.79 Å². The molecule has 1 aromatic rings. The summed E-state index contributed by atoms with van der Waals surface area (Å²) in [7, 11) is 0. The first kappa shape index (κ1) is 13.0. The minimum Gasteiger partial charge on any atom is -0.466 e. The number of anilines is 1. The molecular formula is C11H15BrN2O2. The molecule has 0 aliphatic heterocycles. The summed E-state index contributed by atoms with van der Waals surface area (Å²) in [5.74, 6) is 0.667. The number of nitrogens with one attached hydrogen (secondary N) is 1. The topological polar surface area (TPSA) is 51.2 Å². The SMILES string of the molecule is CCOC(=O)CCCNc1ccc(Br)cn1. The van der Waals surface area contributed by atoms with Gasteiger partial charge >= 0.3 is 5.97 Å². The van der Waals surface area contributed by atoms with Crippen molar-refractivity contribution in [2.24, 2.45) is 0 Å². The van der Waals surface area contributed by atoms with Gasteiger partial charge in [-0.2, -0.15) is 0 Å². The number of rotatable bonds is 6. The zero-order valence-corrected chi connectivity index (χ0v) is 10.8. The number of hydrogen-bond acceptors (Lipinski definition) is 4. The summed E-state index contributed by atoms with van der Waals surface area (Å²) >= 11 is 3.31. The molecule has 0 aliphatic rings.